The average molecular weight is 497 g/mol. The minimum Gasteiger partial charge on any atom is -0.237 e. The van der Waals surface area contributed by atoms with Crippen molar-refractivity contribution in [1.29, 1.82) is 0 Å². The van der Waals surface area contributed by atoms with E-state index in [1.807, 2.05) is 36.4 Å². The standard InChI is InChI=1S/C24H33FN2O4S2/c1-3-18-33(30,31)27-23-6-4-5-16-24(23,25)22-13-11-21(12-14-22)20-9-7-19(8-10-20)15-17-26-32(2,28)29/h7-14,23,26-27H,3-6,15-18H2,1-2H3. The number of nitrogens with one attached hydrogen (secondary N) is 2. The van der Waals surface area contributed by atoms with Crippen molar-refractivity contribution in [3.05, 3.63) is 59.7 Å². The molecule has 9 heteroatoms. The van der Waals surface area contributed by atoms with E-state index in [4.69, 9.17) is 0 Å². The van der Waals surface area contributed by atoms with Crippen molar-refractivity contribution in [2.75, 3.05) is 18.6 Å². The van der Waals surface area contributed by atoms with E-state index >= 15 is 4.39 Å². The maximum Gasteiger partial charge on any atom is 0.211 e. The molecule has 0 aliphatic heterocycles. The van der Waals surface area contributed by atoms with Crippen LogP contribution in [0.5, 0.6) is 0 Å². The third kappa shape index (κ3) is 7.09. The van der Waals surface area contributed by atoms with Crippen molar-refractivity contribution in [2.24, 2.45) is 0 Å². The molecule has 0 saturated heterocycles. The highest BCUT2D eigenvalue weighted by molar-refractivity contribution is 7.89. The van der Waals surface area contributed by atoms with Gasteiger partial charge in [-0.1, -0.05) is 61.9 Å². The van der Waals surface area contributed by atoms with Crippen LogP contribution in [0.15, 0.2) is 48.5 Å². The van der Waals surface area contributed by atoms with Gasteiger partial charge in [-0.05, 0) is 54.4 Å². The first-order valence-electron chi connectivity index (χ1n) is 11.4. The van der Waals surface area contributed by atoms with Gasteiger partial charge in [-0.3, -0.25) is 0 Å². The molecule has 2 aromatic rings. The van der Waals surface area contributed by atoms with Gasteiger partial charge in [-0.25, -0.2) is 30.7 Å². The lowest BCUT2D eigenvalue weighted by molar-refractivity contribution is 0.0713. The van der Waals surface area contributed by atoms with Gasteiger partial charge in [0.15, 0.2) is 5.67 Å². The van der Waals surface area contributed by atoms with Crippen LogP contribution in [0.4, 0.5) is 4.39 Å². The molecule has 6 nitrogen and oxygen atoms in total. The average Bonchev–Trinajstić information content (AvgIpc) is 2.75. The number of halogens is 1. The molecule has 0 spiro atoms. The number of sulfonamides is 2. The molecule has 0 heterocycles. The van der Waals surface area contributed by atoms with Crippen LogP contribution in [-0.4, -0.2) is 41.4 Å². The molecule has 1 aliphatic carbocycles. The lowest BCUT2D eigenvalue weighted by Crippen LogP contribution is -2.50. The van der Waals surface area contributed by atoms with Crippen molar-refractivity contribution < 1.29 is 21.2 Å². The fraction of sp³-hybridized carbons (Fsp3) is 0.500. The van der Waals surface area contributed by atoms with Crippen molar-refractivity contribution in [2.45, 2.75) is 57.2 Å². The summed E-state index contributed by atoms with van der Waals surface area (Å²) in [5.74, 6) is -0.00116. The molecular formula is C24H33FN2O4S2. The predicted octanol–water partition coefficient (Wildman–Crippen LogP) is 3.88. The van der Waals surface area contributed by atoms with Gasteiger partial charge in [-0.2, -0.15) is 0 Å². The van der Waals surface area contributed by atoms with Crippen LogP contribution in [0.1, 0.15) is 50.2 Å². The Hall–Kier alpha value is -1.81. The third-order valence-corrected chi connectivity index (χ3v) is 8.38. The van der Waals surface area contributed by atoms with Crippen LogP contribution in [0.3, 0.4) is 0 Å². The molecule has 0 amide bonds. The summed E-state index contributed by atoms with van der Waals surface area (Å²) in [7, 11) is -6.71. The van der Waals surface area contributed by atoms with E-state index in [1.165, 1.54) is 0 Å². The van der Waals surface area contributed by atoms with Crippen LogP contribution in [-0.2, 0) is 32.1 Å². The van der Waals surface area contributed by atoms with E-state index < -0.39 is 31.8 Å². The summed E-state index contributed by atoms with van der Waals surface area (Å²) in [5, 5.41) is 0. The van der Waals surface area contributed by atoms with Gasteiger partial charge in [0, 0.05) is 6.54 Å². The van der Waals surface area contributed by atoms with Gasteiger partial charge in [0.25, 0.3) is 0 Å². The molecule has 1 aliphatic rings. The van der Waals surface area contributed by atoms with Crippen LogP contribution < -0.4 is 9.44 Å². The third-order valence-electron chi connectivity index (χ3n) is 6.06. The Morgan fingerprint density at radius 2 is 1.58 bits per heavy atom. The first kappa shape index (κ1) is 25.8. The molecule has 0 radical (unpaired) electrons. The zero-order valence-corrected chi connectivity index (χ0v) is 20.8. The highest BCUT2D eigenvalue weighted by atomic mass is 32.2. The van der Waals surface area contributed by atoms with Gasteiger partial charge in [-0.15, -0.1) is 0 Å². The molecule has 2 aromatic carbocycles. The van der Waals surface area contributed by atoms with Crippen molar-refractivity contribution in [3.8, 4) is 11.1 Å². The molecule has 33 heavy (non-hydrogen) atoms. The topological polar surface area (TPSA) is 92.3 Å². The Balaban J connectivity index is 1.73. The fourth-order valence-electron chi connectivity index (χ4n) is 4.36. The maximum atomic E-state index is 16.2. The highest BCUT2D eigenvalue weighted by Gasteiger charge is 2.44. The Kier molecular flexibility index (Phi) is 8.31. The second-order valence-electron chi connectivity index (χ2n) is 8.79. The van der Waals surface area contributed by atoms with Crippen LogP contribution in [0.25, 0.3) is 11.1 Å². The van der Waals surface area contributed by atoms with E-state index in [0.29, 0.717) is 37.8 Å². The number of hydrogen-bond acceptors (Lipinski definition) is 4. The van der Waals surface area contributed by atoms with Crippen molar-refractivity contribution in [1.82, 2.24) is 9.44 Å². The predicted molar refractivity (Wildman–Crippen MR) is 131 cm³/mol. The first-order chi connectivity index (χ1) is 15.5. The zero-order chi connectivity index (χ0) is 24.1. The minimum absolute atomic E-state index is 0.00116. The van der Waals surface area contributed by atoms with Gasteiger partial charge in [0.05, 0.1) is 18.1 Å². The Labute approximate surface area is 197 Å². The summed E-state index contributed by atoms with van der Waals surface area (Å²) in [4.78, 5) is 0. The van der Waals surface area contributed by atoms with E-state index in [1.54, 1.807) is 19.1 Å². The van der Waals surface area contributed by atoms with Crippen LogP contribution >= 0.6 is 0 Å². The highest BCUT2D eigenvalue weighted by Crippen LogP contribution is 2.42. The number of benzene rings is 2. The minimum atomic E-state index is -3.51. The van der Waals surface area contributed by atoms with Crippen molar-refractivity contribution in [3.63, 3.8) is 0 Å². The molecule has 0 aromatic heterocycles. The first-order valence-corrected chi connectivity index (χ1v) is 14.9. The summed E-state index contributed by atoms with van der Waals surface area (Å²) in [6.45, 7) is 2.13. The Morgan fingerprint density at radius 3 is 2.15 bits per heavy atom. The van der Waals surface area contributed by atoms with Gasteiger partial charge in [0.1, 0.15) is 0 Å². The van der Waals surface area contributed by atoms with Gasteiger partial charge in [0.2, 0.25) is 20.0 Å². The summed E-state index contributed by atoms with van der Waals surface area (Å²) in [6.07, 6.45) is 4.51. The number of hydrogen-bond donors (Lipinski definition) is 2. The molecule has 0 bridgehead atoms. The molecule has 2 unspecified atom stereocenters. The van der Waals surface area contributed by atoms with E-state index in [2.05, 4.69) is 9.44 Å². The van der Waals surface area contributed by atoms with Crippen LogP contribution in [0, 0.1) is 0 Å². The molecule has 3 rings (SSSR count). The van der Waals surface area contributed by atoms with Gasteiger partial charge >= 0.3 is 0 Å². The van der Waals surface area contributed by atoms with E-state index in [-0.39, 0.29) is 5.75 Å². The lowest BCUT2D eigenvalue weighted by Gasteiger charge is -2.38. The zero-order valence-electron chi connectivity index (χ0n) is 19.2. The molecule has 1 saturated carbocycles. The summed E-state index contributed by atoms with van der Waals surface area (Å²) >= 11 is 0. The van der Waals surface area contributed by atoms with E-state index in [0.717, 1.165) is 35.8 Å². The fourth-order valence-corrected chi connectivity index (χ4v) is 6.23. The quantitative estimate of drug-likeness (QED) is 0.522. The monoisotopic (exact) mass is 496 g/mol. The lowest BCUT2D eigenvalue weighted by atomic mass is 9.77. The summed E-state index contributed by atoms with van der Waals surface area (Å²) in [6, 6.07) is 14.3. The normalized spacial score (nSPS) is 21.7. The second-order valence-corrected chi connectivity index (χ2v) is 12.5. The molecule has 2 N–H and O–H groups in total. The van der Waals surface area contributed by atoms with Gasteiger partial charge < -0.3 is 0 Å². The van der Waals surface area contributed by atoms with Crippen molar-refractivity contribution >= 4 is 20.0 Å². The molecule has 182 valence electrons. The second kappa shape index (κ2) is 10.6. The summed E-state index contributed by atoms with van der Waals surface area (Å²) < 4.78 is 68.2. The SMILES string of the molecule is CCCS(=O)(=O)NC1CCCCC1(F)c1ccc(-c2ccc(CCNS(C)(=O)=O)cc2)cc1. The largest absolute Gasteiger partial charge is 0.237 e. The Bertz CT molecular complexity index is 1130. The molecule has 1 fully saturated rings. The maximum absolute atomic E-state index is 16.2. The number of rotatable bonds is 10. The number of alkyl halides is 1. The Morgan fingerprint density at radius 1 is 0.970 bits per heavy atom. The van der Waals surface area contributed by atoms with E-state index in [9.17, 15) is 16.8 Å². The smallest absolute Gasteiger partial charge is 0.211 e. The van der Waals surface area contributed by atoms with Crippen LogP contribution in [0.2, 0.25) is 0 Å². The summed E-state index contributed by atoms with van der Waals surface area (Å²) in [5.41, 5.74) is 1.69. The molecule has 2 atom stereocenters. The molecular weight excluding hydrogens is 463 g/mol.